The minimum absolute atomic E-state index is 0.117. The van der Waals surface area contributed by atoms with Gasteiger partial charge in [-0.3, -0.25) is 14.4 Å². The molecule has 3 aromatic rings. The quantitative estimate of drug-likeness (QED) is 0.488. The average Bonchev–Trinajstić information content (AvgIpc) is 2.84. The van der Waals surface area contributed by atoms with Crippen LogP contribution in [-0.2, 0) is 0 Å². The van der Waals surface area contributed by atoms with E-state index in [9.17, 15) is 19.5 Å². The van der Waals surface area contributed by atoms with E-state index in [1.54, 1.807) is 68.8 Å². The Morgan fingerprint density at radius 2 is 1.59 bits per heavy atom. The van der Waals surface area contributed by atoms with Crippen molar-refractivity contribution in [1.29, 1.82) is 0 Å². The molecule has 0 saturated carbocycles. The van der Waals surface area contributed by atoms with Gasteiger partial charge in [-0.05, 0) is 36.4 Å². The minimum Gasteiger partial charge on any atom is -0.497 e. The summed E-state index contributed by atoms with van der Waals surface area (Å²) < 4.78 is 5.16. The standard InChI is InChI=1S/C25H22N2O5/c1-27(15-7-9-16(32-2)10-8-15)25(31)20-12-11-19-21(22(20)26-13-14-28)24(30)18-6-4-3-5-17(18)23(19)29/h3-12,26,28H,13-14H2,1-2H3. The highest BCUT2D eigenvalue weighted by atomic mass is 16.5. The first kappa shape index (κ1) is 21.3. The predicted molar refractivity (Wildman–Crippen MR) is 121 cm³/mol. The maximum Gasteiger partial charge on any atom is 0.260 e. The van der Waals surface area contributed by atoms with Crippen molar-refractivity contribution in [3.05, 3.63) is 88.5 Å². The van der Waals surface area contributed by atoms with Gasteiger partial charge in [0.2, 0.25) is 0 Å². The second-order valence-corrected chi connectivity index (χ2v) is 7.33. The summed E-state index contributed by atoms with van der Waals surface area (Å²) in [7, 11) is 3.19. The van der Waals surface area contributed by atoms with E-state index >= 15 is 0 Å². The van der Waals surface area contributed by atoms with E-state index in [1.165, 1.54) is 11.0 Å². The molecule has 1 aliphatic carbocycles. The topological polar surface area (TPSA) is 95.9 Å². The number of aliphatic hydroxyl groups is 1. The number of amides is 1. The van der Waals surface area contributed by atoms with Gasteiger partial charge in [0, 0.05) is 36.0 Å². The fourth-order valence-electron chi connectivity index (χ4n) is 3.83. The summed E-state index contributed by atoms with van der Waals surface area (Å²) in [4.78, 5) is 41.2. The number of fused-ring (bicyclic) bond motifs is 2. The van der Waals surface area contributed by atoms with Crippen LogP contribution in [-0.4, -0.2) is 49.9 Å². The Hall–Kier alpha value is -3.97. The maximum atomic E-state index is 13.4. The molecule has 0 spiro atoms. The molecule has 32 heavy (non-hydrogen) atoms. The number of rotatable bonds is 6. The summed E-state index contributed by atoms with van der Waals surface area (Å²) in [6.45, 7) is -0.0869. The predicted octanol–water partition coefficient (Wildman–Crippen LogP) is 3.15. The molecule has 0 radical (unpaired) electrons. The Labute approximate surface area is 185 Å². The molecule has 0 aliphatic heterocycles. The van der Waals surface area contributed by atoms with Crippen LogP contribution >= 0.6 is 0 Å². The third-order valence-corrected chi connectivity index (χ3v) is 5.50. The zero-order valence-electron chi connectivity index (χ0n) is 17.7. The number of hydrogen-bond acceptors (Lipinski definition) is 6. The van der Waals surface area contributed by atoms with Crippen molar-refractivity contribution in [3.8, 4) is 5.75 Å². The molecule has 4 rings (SSSR count). The number of aliphatic hydroxyl groups excluding tert-OH is 1. The highest BCUT2D eigenvalue weighted by molar-refractivity contribution is 6.31. The lowest BCUT2D eigenvalue weighted by Crippen LogP contribution is -2.30. The zero-order valence-corrected chi connectivity index (χ0v) is 17.7. The molecular weight excluding hydrogens is 408 g/mol. The number of ketones is 2. The van der Waals surface area contributed by atoms with Crippen LogP contribution in [0, 0.1) is 0 Å². The number of nitrogens with zero attached hydrogens (tertiary/aromatic N) is 1. The number of anilines is 2. The van der Waals surface area contributed by atoms with Crippen LogP contribution in [0.2, 0.25) is 0 Å². The van der Waals surface area contributed by atoms with Crippen LogP contribution in [0.4, 0.5) is 11.4 Å². The Balaban J connectivity index is 1.81. The van der Waals surface area contributed by atoms with Gasteiger partial charge < -0.3 is 20.1 Å². The van der Waals surface area contributed by atoms with Crippen LogP contribution in [0.15, 0.2) is 60.7 Å². The van der Waals surface area contributed by atoms with Crippen molar-refractivity contribution in [2.75, 3.05) is 37.5 Å². The van der Waals surface area contributed by atoms with E-state index in [4.69, 9.17) is 4.74 Å². The average molecular weight is 430 g/mol. The Morgan fingerprint density at radius 3 is 2.22 bits per heavy atom. The van der Waals surface area contributed by atoms with Crippen LogP contribution in [0.1, 0.15) is 42.2 Å². The van der Waals surface area contributed by atoms with Gasteiger partial charge in [0.1, 0.15) is 5.75 Å². The molecule has 0 fully saturated rings. The SMILES string of the molecule is COc1ccc(N(C)C(=O)c2ccc3c(c2NCCO)C(=O)c2ccccc2C3=O)cc1. The van der Waals surface area contributed by atoms with E-state index in [2.05, 4.69) is 5.32 Å². The smallest absolute Gasteiger partial charge is 0.260 e. The number of benzene rings is 3. The summed E-state index contributed by atoms with van der Waals surface area (Å²) in [5.74, 6) is -0.309. The lowest BCUT2D eigenvalue weighted by molar-refractivity contribution is 0.0976. The zero-order chi connectivity index (χ0) is 22.8. The number of carbonyl (C=O) groups excluding carboxylic acids is 3. The van der Waals surface area contributed by atoms with Crippen molar-refractivity contribution in [3.63, 3.8) is 0 Å². The number of carbonyl (C=O) groups is 3. The third-order valence-electron chi connectivity index (χ3n) is 5.50. The van der Waals surface area contributed by atoms with E-state index in [0.717, 1.165) is 0 Å². The van der Waals surface area contributed by atoms with E-state index in [0.29, 0.717) is 22.6 Å². The summed E-state index contributed by atoms with van der Waals surface area (Å²) in [5.41, 5.74) is 2.13. The molecule has 1 amide bonds. The molecular formula is C25H22N2O5. The maximum absolute atomic E-state index is 13.4. The van der Waals surface area contributed by atoms with Crippen LogP contribution < -0.4 is 15.0 Å². The first-order valence-electron chi connectivity index (χ1n) is 10.1. The summed E-state index contributed by atoms with van der Waals surface area (Å²) >= 11 is 0. The first-order chi connectivity index (χ1) is 15.5. The largest absolute Gasteiger partial charge is 0.497 e. The molecule has 0 unspecified atom stereocenters. The lowest BCUT2D eigenvalue weighted by atomic mass is 9.82. The highest BCUT2D eigenvalue weighted by Crippen LogP contribution is 2.35. The normalized spacial score (nSPS) is 12.1. The summed E-state index contributed by atoms with van der Waals surface area (Å²) in [6.07, 6.45) is 0. The molecule has 0 atom stereocenters. The molecule has 3 aromatic carbocycles. The second-order valence-electron chi connectivity index (χ2n) is 7.33. The van der Waals surface area contributed by atoms with Gasteiger partial charge in [-0.25, -0.2) is 0 Å². The van der Waals surface area contributed by atoms with Crippen molar-refractivity contribution in [2.24, 2.45) is 0 Å². The molecule has 0 saturated heterocycles. The fraction of sp³-hybridized carbons (Fsp3) is 0.160. The molecule has 0 bridgehead atoms. The summed E-state index contributed by atoms with van der Waals surface area (Å²) in [6, 6.07) is 16.7. The highest BCUT2D eigenvalue weighted by Gasteiger charge is 2.34. The summed E-state index contributed by atoms with van der Waals surface area (Å²) in [5, 5.41) is 12.3. The van der Waals surface area contributed by atoms with Gasteiger partial charge in [0.05, 0.1) is 30.5 Å². The van der Waals surface area contributed by atoms with E-state index in [1.807, 2.05) is 0 Å². The van der Waals surface area contributed by atoms with Crippen molar-refractivity contribution in [2.45, 2.75) is 0 Å². The number of hydrogen-bond donors (Lipinski definition) is 2. The number of nitrogens with one attached hydrogen (secondary N) is 1. The van der Waals surface area contributed by atoms with E-state index in [-0.39, 0.29) is 53.0 Å². The monoisotopic (exact) mass is 430 g/mol. The fourth-order valence-corrected chi connectivity index (χ4v) is 3.83. The molecule has 7 nitrogen and oxygen atoms in total. The van der Waals surface area contributed by atoms with Gasteiger partial charge >= 0.3 is 0 Å². The second kappa shape index (κ2) is 8.64. The van der Waals surface area contributed by atoms with Crippen LogP contribution in [0.25, 0.3) is 0 Å². The van der Waals surface area contributed by atoms with Crippen molar-refractivity contribution < 1.29 is 24.2 Å². The van der Waals surface area contributed by atoms with Gasteiger partial charge in [-0.15, -0.1) is 0 Å². The van der Waals surface area contributed by atoms with Crippen molar-refractivity contribution >= 4 is 28.8 Å². The van der Waals surface area contributed by atoms with Gasteiger partial charge in [0.15, 0.2) is 11.6 Å². The number of ether oxygens (including phenoxy) is 1. The molecule has 1 aliphatic rings. The Bertz CT molecular complexity index is 1220. The van der Waals surface area contributed by atoms with Crippen molar-refractivity contribution in [1.82, 2.24) is 0 Å². The molecule has 0 aromatic heterocycles. The Kier molecular flexibility index (Phi) is 5.75. The molecule has 0 heterocycles. The van der Waals surface area contributed by atoms with Crippen LogP contribution in [0.3, 0.4) is 0 Å². The third kappa shape index (κ3) is 3.52. The van der Waals surface area contributed by atoms with Gasteiger partial charge in [-0.1, -0.05) is 24.3 Å². The molecule has 2 N–H and O–H groups in total. The van der Waals surface area contributed by atoms with Crippen LogP contribution in [0.5, 0.6) is 5.75 Å². The van der Waals surface area contributed by atoms with Gasteiger partial charge in [-0.2, -0.15) is 0 Å². The Morgan fingerprint density at radius 1 is 0.938 bits per heavy atom. The first-order valence-corrected chi connectivity index (χ1v) is 10.1. The minimum atomic E-state index is -0.363. The van der Waals surface area contributed by atoms with Gasteiger partial charge in [0.25, 0.3) is 5.91 Å². The number of methoxy groups -OCH3 is 1. The molecule has 7 heteroatoms. The van der Waals surface area contributed by atoms with E-state index < -0.39 is 0 Å². The molecule has 162 valence electrons. The lowest BCUT2D eigenvalue weighted by Gasteiger charge is -2.25.